The van der Waals surface area contributed by atoms with E-state index in [0.717, 1.165) is 28.2 Å². The van der Waals surface area contributed by atoms with Gasteiger partial charge in [0.05, 0.1) is 33.1 Å². The van der Waals surface area contributed by atoms with Crippen LogP contribution < -0.4 is 0 Å². The molecule has 0 saturated carbocycles. The van der Waals surface area contributed by atoms with Gasteiger partial charge in [0.2, 0.25) is 0 Å². The van der Waals surface area contributed by atoms with Crippen molar-refractivity contribution in [2.45, 2.75) is 0 Å². The van der Waals surface area contributed by atoms with Crippen molar-refractivity contribution in [2.75, 3.05) is 0 Å². The number of nitrogens with zero attached hydrogens (tertiary/aromatic N) is 3. The van der Waals surface area contributed by atoms with Crippen LogP contribution in [0.3, 0.4) is 0 Å². The average molecular weight is 802 g/mol. The lowest BCUT2D eigenvalue weighted by atomic mass is 9.95. The number of benzene rings is 10. The van der Waals surface area contributed by atoms with Crippen LogP contribution in [0.5, 0.6) is 0 Å². The van der Waals surface area contributed by atoms with Crippen LogP contribution in [0.15, 0.2) is 237 Å². The van der Waals surface area contributed by atoms with Crippen molar-refractivity contribution in [3.05, 3.63) is 237 Å². The van der Waals surface area contributed by atoms with Crippen molar-refractivity contribution in [1.29, 1.82) is 0 Å². The van der Waals surface area contributed by atoms with Crippen molar-refractivity contribution in [3.8, 4) is 50.4 Å². The number of hydrogen-bond acceptors (Lipinski definition) is 0. The van der Waals surface area contributed by atoms with Gasteiger partial charge < -0.3 is 13.7 Å². The SMILES string of the molecule is c1cc(-c2ccc(-n3c4ccccc4c4ccccc43)cc2)cc(-c2cccc(-c3cc(-n4c5ccccc5c5ccccc54)cc(-n4c5ccccc5c5ccccc54)c3)c2)c1. The Hall–Kier alpha value is -8.40. The van der Waals surface area contributed by atoms with E-state index in [2.05, 4.69) is 250 Å². The fourth-order valence-corrected chi connectivity index (χ4v) is 10.2. The van der Waals surface area contributed by atoms with E-state index in [4.69, 9.17) is 0 Å². The van der Waals surface area contributed by atoms with Crippen LogP contribution in [0.4, 0.5) is 0 Å². The Kier molecular flexibility index (Phi) is 7.91. The summed E-state index contributed by atoms with van der Waals surface area (Å²) in [6, 6.07) is 86.5. The molecule has 0 radical (unpaired) electrons. The van der Waals surface area contributed by atoms with Crippen LogP contribution in [0, 0.1) is 0 Å². The lowest BCUT2D eigenvalue weighted by Crippen LogP contribution is -2.00. The van der Waals surface area contributed by atoms with Crippen molar-refractivity contribution in [2.24, 2.45) is 0 Å². The Morgan fingerprint density at radius 1 is 0.175 bits per heavy atom. The van der Waals surface area contributed by atoms with E-state index in [9.17, 15) is 0 Å². The molecule has 294 valence electrons. The summed E-state index contributed by atoms with van der Waals surface area (Å²) in [4.78, 5) is 0. The molecule has 0 spiro atoms. The molecule has 3 heterocycles. The molecule has 0 unspecified atom stereocenters. The molecule has 13 rings (SSSR count). The summed E-state index contributed by atoms with van der Waals surface area (Å²) in [7, 11) is 0. The third-order valence-corrected chi connectivity index (χ3v) is 13.0. The Labute approximate surface area is 364 Å². The molecule has 0 aliphatic heterocycles. The summed E-state index contributed by atoms with van der Waals surface area (Å²) < 4.78 is 7.25. The van der Waals surface area contributed by atoms with Crippen LogP contribution in [0.1, 0.15) is 0 Å². The Morgan fingerprint density at radius 2 is 0.460 bits per heavy atom. The molecule has 3 aromatic heterocycles. The van der Waals surface area contributed by atoms with E-state index in [-0.39, 0.29) is 0 Å². The van der Waals surface area contributed by atoms with Crippen LogP contribution in [-0.2, 0) is 0 Å². The van der Waals surface area contributed by atoms with Gasteiger partial charge in [0.25, 0.3) is 0 Å². The second kappa shape index (κ2) is 14.1. The van der Waals surface area contributed by atoms with E-state index < -0.39 is 0 Å². The number of hydrogen-bond donors (Lipinski definition) is 0. The zero-order chi connectivity index (χ0) is 41.4. The minimum absolute atomic E-state index is 1.12. The van der Waals surface area contributed by atoms with Gasteiger partial charge in [-0.25, -0.2) is 0 Å². The van der Waals surface area contributed by atoms with E-state index in [1.165, 1.54) is 87.7 Å². The molecule has 0 aliphatic rings. The first kappa shape index (κ1) is 35.4. The van der Waals surface area contributed by atoms with Gasteiger partial charge in [-0.3, -0.25) is 0 Å². The summed E-state index contributed by atoms with van der Waals surface area (Å²) in [5, 5.41) is 7.54. The van der Waals surface area contributed by atoms with Crippen LogP contribution in [0.2, 0.25) is 0 Å². The smallest absolute Gasteiger partial charge is 0.0541 e. The molecule has 0 N–H and O–H groups in total. The van der Waals surface area contributed by atoms with Gasteiger partial charge in [0.15, 0.2) is 0 Å². The Balaban J connectivity index is 0.940. The summed E-state index contributed by atoms with van der Waals surface area (Å²) in [6.07, 6.45) is 0. The molecule has 13 aromatic rings. The van der Waals surface area contributed by atoms with Gasteiger partial charge in [0.1, 0.15) is 0 Å². The summed E-state index contributed by atoms with van der Waals surface area (Å²) in [5.74, 6) is 0. The van der Waals surface area contributed by atoms with Crippen LogP contribution >= 0.6 is 0 Å². The molecule has 0 atom stereocenters. The highest BCUT2D eigenvalue weighted by Gasteiger charge is 2.18. The van der Waals surface area contributed by atoms with Crippen molar-refractivity contribution in [3.63, 3.8) is 0 Å². The molecule has 0 fully saturated rings. The third kappa shape index (κ3) is 5.60. The lowest BCUT2D eigenvalue weighted by molar-refractivity contribution is 1.13. The highest BCUT2D eigenvalue weighted by atomic mass is 15.0. The molecular formula is C60H39N3. The molecule has 10 aromatic carbocycles. The summed E-state index contributed by atoms with van der Waals surface area (Å²) >= 11 is 0. The van der Waals surface area contributed by atoms with Crippen LogP contribution in [0.25, 0.3) is 116 Å². The average Bonchev–Trinajstić information content (AvgIpc) is 4.00. The summed E-state index contributed by atoms with van der Waals surface area (Å²) in [6.45, 7) is 0. The Bertz CT molecular complexity index is 3620. The standard InChI is InChI=1S/C60H39N3/c1-7-25-55-49(19-1)50-20-2-8-26-56(50)61(55)46-33-31-40(32-34-46)41-15-13-16-42(35-41)43-17-14-18-44(36-43)45-37-47(62-57-27-9-3-21-51(57)52-22-4-10-28-58(52)62)39-48(38-45)63-59-29-11-5-23-53(59)54-24-6-12-30-60(54)63/h1-39H. The zero-order valence-electron chi connectivity index (χ0n) is 34.4. The number of para-hydroxylation sites is 6. The molecule has 63 heavy (non-hydrogen) atoms. The van der Waals surface area contributed by atoms with Gasteiger partial charge in [0, 0.05) is 49.4 Å². The van der Waals surface area contributed by atoms with Gasteiger partial charge in [-0.1, -0.05) is 158 Å². The molecular weight excluding hydrogens is 763 g/mol. The maximum atomic E-state index is 2.44. The topological polar surface area (TPSA) is 14.8 Å². The highest BCUT2D eigenvalue weighted by molar-refractivity contribution is 6.11. The van der Waals surface area contributed by atoms with Gasteiger partial charge in [-0.15, -0.1) is 0 Å². The first-order chi connectivity index (χ1) is 31.2. The number of rotatable bonds is 6. The van der Waals surface area contributed by atoms with E-state index in [1.54, 1.807) is 0 Å². The predicted octanol–water partition coefficient (Wildman–Crippen LogP) is 16.0. The highest BCUT2D eigenvalue weighted by Crippen LogP contribution is 2.39. The first-order valence-corrected chi connectivity index (χ1v) is 21.7. The predicted molar refractivity (Wildman–Crippen MR) is 266 cm³/mol. The molecule has 3 heteroatoms. The van der Waals surface area contributed by atoms with Crippen molar-refractivity contribution >= 4 is 65.4 Å². The number of fused-ring (bicyclic) bond motifs is 9. The monoisotopic (exact) mass is 801 g/mol. The molecule has 3 nitrogen and oxygen atoms in total. The minimum Gasteiger partial charge on any atom is -0.309 e. The lowest BCUT2D eigenvalue weighted by Gasteiger charge is -2.16. The second-order valence-corrected chi connectivity index (χ2v) is 16.6. The quantitative estimate of drug-likeness (QED) is 0.159. The van der Waals surface area contributed by atoms with E-state index in [0.29, 0.717) is 0 Å². The normalized spacial score (nSPS) is 11.8. The van der Waals surface area contributed by atoms with Crippen molar-refractivity contribution < 1.29 is 0 Å². The molecule has 0 aliphatic carbocycles. The fraction of sp³-hybridized carbons (Fsp3) is 0. The molecule has 0 bridgehead atoms. The van der Waals surface area contributed by atoms with Gasteiger partial charge >= 0.3 is 0 Å². The second-order valence-electron chi connectivity index (χ2n) is 16.6. The largest absolute Gasteiger partial charge is 0.309 e. The number of aromatic nitrogens is 3. The molecule has 0 saturated heterocycles. The molecule has 0 amide bonds. The maximum absolute atomic E-state index is 2.44. The van der Waals surface area contributed by atoms with E-state index >= 15 is 0 Å². The van der Waals surface area contributed by atoms with Gasteiger partial charge in [-0.2, -0.15) is 0 Å². The minimum atomic E-state index is 1.12. The third-order valence-electron chi connectivity index (χ3n) is 13.0. The van der Waals surface area contributed by atoms with Crippen molar-refractivity contribution in [1.82, 2.24) is 13.7 Å². The van der Waals surface area contributed by atoms with E-state index in [1.807, 2.05) is 0 Å². The van der Waals surface area contributed by atoms with Gasteiger partial charge in [-0.05, 0) is 112 Å². The first-order valence-electron chi connectivity index (χ1n) is 21.7. The van der Waals surface area contributed by atoms with Crippen LogP contribution in [-0.4, -0.2) is 13.7 Å². The fourth-order valence-electron chi connectivity index (χ4n) is 10.2. The maximum Gasteiger partial charge on any atom is 0.0541 e. The summed E-state index contributed by atoms with van der Waals surface area (Å²) in [5.41, 5.74) is 17.7. The Morgan fingerprint density at radius 3 is 0.810 bits per heavy atom. The zero-order valence-corrected chi connectivity index (χ0v) is 34.4.